The molecule has 1 aromatic carbocycles. The summed E-state index contributed by atoms with van der Waals surface area (Å²) in [5, 5.41) is 5.12. The van der Waals surface area contributed by atoms with E-state index in [-0.39, 0.29) is 0 Å². The number of halogens is 1. The lowest BCUT2D eigenvalue weighted by Crippen LogP contribution is -2.01. The van der Waals surface area contributed by atoms with Crippen LogP contribution in [-0.4, -0.2) is 34.0 Å². The molecule has 0 radical (unpaired) electrons. The van der Waals surface area contributed by atoms with Gasteiger partial charge in [-0.2, -0.15) is 5.10 Å². The fourth-order valence-electron chi connectivity index (χ4n) is 2.78. The number of H-pyrrole nitrogens is 1. The highest BCUT2D eigenvalue weighted by Crippen LogP contribution is 2.40. The van der Waals surface area contributed by atoms with Crippen LogP contribution in [0.4, 0.5) is 0 Å². The zero-order chi connectivity index (χ0) is 17.3. The maximum absolute atomic E-state index is 6.22. The van der Waals surface area contributed by atoms with Crippen molar-refractivity contribution in [2.75, 3.05) is 14.2 Å². The lowest BCUT2D eigenvalue weighted by molar-refractivity contribution is 0.356. The van der Waals surface area contributed by atoms with Crippen LogP contribution in [-0.2, 0) is 6.54 Å². The molecule has 0 unspecified atom stereocenters. The summed E-state index contributed by atoms with van der Waals surface area (Å²) in [5.74, 6) is 1.86. The monoisotopic (exact) mass is 348 g/mol. The van der Waals surface area contributed by atoms with E-state index in [1.807, 2.05) is 17.7 Å². The quantitative estimate of drug-likeness (QED) is 0.724. The average molecular weight is 349 g/mol. The Kier molecular flexibility index (Phi) is 4.66. The second kappa shape index (κ2) is 6.73. The SMILES string of the molecule is CCCCn1nc(C)c2[nH]c(-c3cc(Cl)cc(OC)c3OC)nc21. The van der Waals surface area contributed by atoms with E-state index >= 15 is 0 Å². The fraction of sp³-hybridized carbons (Fsp3) is 0.412. The molecule has 6 nitrogen and oxygen atoms in total. The normalized spacial score (nSPS) is 11.2. The molecule has 0 aliphatic rings. The first-order valence-electron chi connectivity index (χ1n) is 7.94. The highest BCUT2D eigenvalue weighted by molar-refractivity contribution is 6.31. The number of rotatable bonds is 6. The number of aromatic nitrogens is 4. The summed E-state index contributed by atoms with van der Waals surface area (Å²) < 4.78 is 12.8. The predicted octanol–water partition coefficient (Wildman–Crippen LogP) is 4.21. The van der Waals surface area contributed by atoms with Crippen LogP contribution < -0.4 is 9.47 Å². The van der Waals surface area contributed by atoms with Gasteiger partial charge in [0.25, 0.3) is 0 Å². The molecule has 128 valence electrons. The van der Waals surface area contributed by atoms with E-state index in [9.17, 15) is 0 Å². The van der Waals surface area contributed by atoms with Gasteiger partial charge in [0.05, 0.1) is 25.5 Å². The smallest absolute Gasteiger partial charge is 0.177 e. The maximum Gasteiger partial charge on any atom is 0.177 e. The molecular weight excluding hydrogens is 328 g/mol. The van der Waals surface area contributed by atoms with Crippen molar-refractivity contribution in [1.29, 1.82) is 0 Å². The van der Waals surface area contributed by atoms with E-state index in [1.54, 1.807) is 20.3 Å². The van der Waals surface area contributed by atoms with E-state index in [1.165, 1.54) is 0 Å². The minimum absolute atomic E-state index is 0.562. The molecule has 0 aliphatic carbocycles. The lowest BCUT2D eigenvalue weighted by atomic mass is 10.1. The summed E-state index contributed by atoms with van der Waals surface area (Å²) in [6.07, 6.45) is 2.17. The van der Waals surface area contributed by atoms with Gasteiger partial charge in [0.15, 0.2) is 17.1 Å². The third-order valence-corrected chi connectivity index (χ3v) is 4.20. The minimum atomic E-state index is 0.562. The maximum atomic E-state index is 6.22. The molecular formula is C17H21ClN4O2. The molecule has 0 saturated heterocycles. The van der Waals surface area contributed by atoms with Crippen molar-refractivity contribution in [1.82, 2.24) is 19.7 Å². The number of methoxy groups -OCH3 is 2. The molecule has 3 rings (SSSR count). The van der Waals surface area contributed by atoms with Gasteiger partial charge in [-0.25, -0.2) is 9.67 Å². The number of nitrogens with zero attached hydrogens (tertiary/aromatic N) is 3. The number of nitrogens with one attached hydrogen (secondary N) is 1. The molecule has 0 fully saturated rings. The van der Waals surface area contributed by atoms with E-state index in [0.717, 1.165) is 41.8 Å². The van der Waals surface area contributed by atoms with Crippen LogP contribution in [0.25, 0.3) is 22.6 Å². The summed E-state index contributed by atoms with van der Waals surface area (Å²) >= 11 is 6.22. The second-order valence-electron chi connectivity index (χ2n) is 5.63. The van der Waals surface area contributed by atoms with Gasteiger partial charge in [-0.15, -0.1) is 0 Å². The van der Waals surface area contributed by atoms with Crippen molar-refractivity contribution in [3.8, 4) is 22.9 Å². The van der Waals surface area contributed by atoms with Gasteiger partial charge in [-0.3, -0.25) is 0 Å². The number of aryl methyl sites for hydroxylation is 2. The van der Waals surface area contributed by atoms with Gasteiger partial charge < -0.3 is 14.5 Å². The zero-order valence-electron chi connectivity index (χ0n) is 14.3. The van der Waals surface area contributed by atoms with Crippen molar-refractivity contribution in [2.24, 2.45) is 0 Å². The largest absolute Gasteiger partial charge is 0.493 e. The van der Waals surface area contributed by atoms with Crippen molar-refractivity contribution < 1.29 is 9.47 Å². The Bertz CT molecular complexity index is 869. The number of hydrogen-bond acceptors (Lipinski definition) is 4. The summed E-state index contributed by atoms with van der Waals surface area (Å²) in [4.78, 5) is 8.07. The van der Waals surface area contributed by atoms with E-state index in [2.05, 4.69) is 17.0 Å². The Morgan fingerprint density at radius 3 is 2.71 bits per heavy atom. The molecule has 3 aromatic rings. The molecule has 0 aliphatic heterocycles. The molecule has 0 spiro atoms. The standard InChI is InChI=1S/C17H21ClN4O2/c1-5-6-7-22-17-14(10(2)21-22)19-16(20-17)12-8-11(18)9-13(23-3)15(12)24-4/h8-9H,5-7H2,1-4H3,(H,19,20). The molecule has 0 saturated carbocycles. The van der Waals surface area contributed by atoms with Crippen LogP contribution >= 0.6 is 11.6 Å². The number of aromatic amines is 1. The number of unbranched alkanes of at least 4 members (excludes halogenated alkanes) is 1. The van der Waals surface area contributed by atoms with Crippen LogP contribution in [0.15, 0.2) is 12.1 Å². The lowest BCUT2D eigenvalue weighted by Gasteiger charge is -2.12. The highest BCUT2D eigenvalue weighted by Gasteiger charge is 2.19. The molecule has 24 heavy (non-hydrogen) atoms. The molecule has 1 N–H and O–H groups in total. The predicted molar refractivity (Wildman–Crippen MR) is 95.1 cm³/mol. The fourth-order valence-corrected chi connectivity index (χ4v) is 2.99. The summed E-state index contributed by atoms with van der Waals surface area (Å²) in [6.45, 7) is 4.98. The number of ether oxygens (including phenoxy) is 2. The second-order valence-corrected chi connectivity index (χ2v) is 6.07. The Hall–Kier alpha value is -2.21. The highest BCUT2D eigenvalue weighted by atomic mass is 35.5. The average Bonchev–Trinajstić information content (AvgIpc) is 3.13. The van der Waals surface area contributed by atoms with E-state index < -0.39 is 0 Å². The third kappa shape index (κ3) is 2.82. The zero-order valence-corrected chi connectivity index (χ0v) is 15.1. The van der Waals surface area contributed by atoms with Gasteiger partial charge in [-0.05, 0) is 19.4 Å². The van der Waals surface area contributed by atoms with Gasteiger partial charge in [0.1, 0.15) is 11.3 Å². The number of benzene rings is 1. The first-order valence-corrected chi connectivity index (χ1v) is 8.31. The Morgan fingerprint density at radius 1 is 1.25 bits per heavy atom. The van der Waals surface area contributed by atoms with Crippen molar-refractivity contribution in [3.63, 3.8) is 0 Å². The minimum Gasteiger partial charge on any atom is -0.493 e. The Labute approximate surface area is 145 Å². The van der Waals surface area contributed by atoms with Crippen molar-refractivity contribution in [2.45, 2.75) is 33.2 Å². The summed E-state index contributed by atoms with van der Waals surface area (Å²) in [5.41, 5.74) is 3.46. The molecule has 0 amide bonds. The number of hydrogen-bond donors (Lipinski definition) is 1. The van der Waals surface area contributed by atoms with E-state index in [4.69, 9.17) is 26.1 Å². The van der Waals surface area contributed by atoms with Gasteiger partial charge in [-0.1, -0.05) is 24.9 Å². The molecule has 0 atom stereocenters. The molecule has 2 heterocycles. The van der Waals surface area contributed by atoms with Crippen molar-refractivity contribution in [3.05, 3.63) is 22.8 Å². The van der Waals surface area contributed by atoms with Crippen LogP contribution in [0.3, 0.4) is 0 Å². The van der Waals surface area contributed by atoms with Crippen molar-refractivity contribution >= 4 is 22.8 Å². The first kappa shape index (κ1) is 16.6. The van der Waals surface area contributed by atoms with Crippen LogP contribution in [0.2, 0.25) is 5.02 Å². The van der Waals surface area contributed by atoms with Crippen LogP contribution in [0.1, 0.15) is 25.5 Å². The van der Waals surface area contributed by atoms with Gasteiger partial charge >= 0.3 is 0 Å². The Morgan fingerprint density at radius 2 is 2.04 bits per heavy atom. The van der Waals surface area contributed by atoms with Crippen LogP contribution in [0.5, 0.6) is 11.5 Å². The van der Waals surface area contributed by atoms with Gasteiger partial charge in [0, 0.05) is 17.6 Å². The molecule has 0 bridgehead atoms. The molecule has 2 aromatic heterocycles. The first-order chi connectivity index (χ1) is 11.6. The topological polar surface area (TPSA) is 65.0 Å². The van der Waals surface area contributed by atoms with Gasteiger partial charge in [0.2, 0.25) is 0 Å². The van der Waals surface area contributed by atoms with E-state index in [0.29, 0.717) is 22.3 Å². The third-order valence-electron chi connectivity index (χ3n) is 3.98. The number of imidazole rings is 1. The Balaban J connectivity index is 2.15. The van der Waals surface area contributed by atoms with Crippen LogP contribution in [0, 0.1) is 6.92 Å². The number of fused-ring (bicyclic) bond motifs is 1. The summed E-state index contributed by atoms with van der Waals surface area (Å²) in [6, 6.07) is 3.54. The summed E-state index contributed by atoms with van der Waals surface area (Å²) in [7, 11) is 3.19. The molecule has 7 heteroatoms.